The van der Waals surface area contributed by atoms with E-state index in [1.165, 1.54) is 23.6 Å². The number of hydrogen-bond acceptors (Lipinski definition) is 5. The van der Waals surface area contributed by atoms with Crippen LogP contribution in [0.3, 0.4) is 0 Å². The van der Waals surface area contributed by atoms with Crippen LogP contribution in [0.1, 0.15) is 29.8 Å². The molecule has 0 atom stereocenters. The highest BCUT2D eigenvalue weighted by molar-refractivity contribution is 8.27. The highest BCUT2D eigenvalue weighted by atomic mass is 32.2. The first-order valence-electron chi connectivity index (χ1n) is 8.11. The van der Waals surface area contributed by atoms with Crippen molar-refractivity contribution >= 4 is 51.8 Å². The van der Waals surface area contributed by atoms with Gasteiger partial charge in [0.05, 0.1) is 17.2 Å². The molecule has 3 rings (SSSR count). The zero-order chi connectivity index (χ0) is 18.7. The Kier molecular flexibility index (Phi) is 5.54. The van der Waals surface area contributed by atoms with E-state index < -0.39 is 0 Å². The molecule has 0 radical (unpaired) electrons. The summed E-state index contributed by atoms with van der Waals surface area (Å²) in [5, 5.41) is 0. The van der Waals surface area contributed by atoms with Crippen LogP contribution >= 0.6 is 24.0 Å². The second-order valence-electron chi connectivity index (χ2n) is 5.62. The first kappa shape index (κ1) is 18.4. The van der Waals surface area contributed by atoms with Crippen molar-refractivity contribution < 1.29 is 14.3 Å². The summed E-state index contributed by atoms with van der Waals surface area (Å²) in [6, 6.07) is 14.4. The van der Waals surface area contributed by atoms with Crippen molar-refractivity contribution in [2.24, 2.45) is 0 Å². The molecule has 6 heteroatoms. The average molecular weight is 383 g/mol. The molecule has 0 unspecified atom stereocenters. The van der Waals surface area contributed by atoms with E-state index in [4.69, 9.17) is 17.0 Å². The van der Waals surface area contributed by atoms with E-state index in [0.29, 0.717) is 27.1 Å². The number of rotatable bonds is 5. The zero-order valence-electron chi connectivity index (χ0n) is 14.4. The lowest BCUT2D eigenvalue weighted by molar-refractivity contribution is -0.113. The van der Waals surface area contributed by atoms with Crippen LogP contribution in [0, 0.1) is 0 Å². The van der Waals surface area contributed by atoms with Crippen LogP contribution in [0.25, 0.3) is 6.08 Å². The van der Waals surface area contributed by atoms with Crippen LogP contribution in [0.4, 0.5) is 5.69 Å². The van der Waals surface area contributed by atoms with Gasteiger partial charge < -0.3 is 4.74 Å². The number of carbonyl (C=O) groups is 2. The van der Waals surface area contributed by atoms with Gasteiger partial charge in [-0.25, -0.2) is 0 Å². The van der Waals surface area contributed by atoms with E-state index in [2.05, 4.69) is 0 Å². The number of ether oxygens (including phenoxy) is 1. The normalized spacial score (nSPS) is 15.6. The largest absolute Gasteiger partial charge is 0.494 e. The highest BCUT2D eigenvalue weighted by Gasteiger charge is 2.33. The van der Waals surface area contributed by atoms with E-state index in [1.54, 1.807) is 24.3 Å². The van der Waals surface area contributed by atoms with Gasteiger partial charge in [-0.1, -0.05) is 36.1 Å². The van der Waals surface area contributed by atoms with Gasteiger partial charge in [0.1, 0.15) is 5.75 Å². The summed E-state index contributed by atoms with van der Waals surface area (Å²) in [4.78, 5) is 26.2. The molecule has 1 amide bonds. The van der Waals surface area contributed by atoms with Crippen molar-refractivity contribution in [2.75, 3.05) is 11.5 Å². The molecule has 1 heterocycles. The third-order valence-electron chi connectivity index (χ3n) is 3.81. The topological polar surface area (TPSA) is 46.6 Å². The van der Waals surface area contributed by atoms with Crippen molar-refractivity contribution in [2.45, 2.75) is 13.8 Å². The Labute approximate surface area is 161 Å². The molecule has 1 aliphatic rings. The summed E-state index contributed by atoms with van der Waals surface area (Å²) in [6.45, 7) is 4.05. The van der Waals surface area contributed by atoms with Gasteiger partial charge in [-0.05, 0) is 61.9 Å². The fraction of sp³-hybridized carbons (Fsp3) is 0.150. The third-order valence-corrected chi connectivity index (χ3v) is 5.12. The minimum absolute atomic E-state index is 0.0164. The molecule has 0 bridgehead atoms. The molecular formula is C20H17NO3S2. The number of anilines is 1. The molecule has 1 fully saturated rings. The highest BCUT2D eigenvalue weighted by Crippen LogP contribution is 2.36. The molecule has 26 heavy (non-hydrogen) atoms. The van der Waals surface area contributed by atoms with Gasteiger partial charge in [0.2, 0.25) is 0 Å². The number of amides is 1. The Morgan fingerprint density at radius 1 is 1.15 bits per heavy atom. The van der Waals surface area contributed by atoms with Gasteiger partial charge in [-0.3, -0.25) is 14.5 Å². The van der Waals surface area contributed by atoms with Crippen LogP contribution in [0.2, 0.25) is 0 Å². The van der Waals surface area contributed by atoms with Crippen molar-refractivity contribution in [1.29, 1.82) is 0 Å². The van der Waals surface area contributed by atoms with Crippen LogP contribution < -0.4 is 9.64 Å². The van der Waals surface area contributed by atoms with Crippen molar-refractivity contribution in [1.82, 2.24) is 0 Å². The Morgan fingerprint density at radius 2 is 1.81 bits per heavy atom. The van der Waals surface area contributed by atoms with Crippen molar-refractivity contribution in [3.05, 3.63) is 64.6 Å². The SMILES string of the molecule is CCOc1ccc(/C=C2\SC(=S)N(c3ccc(C(C)=O)cc3)C2=O)cc1. The van der Waals surface area contributed by atoms with Crippen LogP contribution in [-0.4, -0.2) is 22.6 Å². The predicted molar refractivity (Wildman–Crippen MR) is 110 cm³/mol. The van der Waals surface area contributed by atoms with E-state index in [9.17, 15) is 9.59 Å². The van der Waals surface area contributed by atoms with Gasteiger partial charge >= 0.3 is 0 Å². The summed E-state index contributed by atoms with van der Waals surface area (Å²) < 4.78 is 5.90. The standard InChI is InChI=1S/C20H17NO3S2/c1-3-24-17-10-4-14(5-11-17)12-18-19(23)21(20(25)26-18)16-8-6-15(7-9-16)13(2)22/h4-12H,3H2,1-2H3/b18-12-. The second-order valence-corrected chi connectivity index (χ2v) is 7.30. The minimum Gasteiger partial charge on any atom is -0.494 e. The Morgan fingerprint density at radius 3 is 2.38 bits per heavy atom. The molecule has 2 aromatic rings. The maximum absolute atomic E-state index is 12.8. The molecule has 1 saturated heterocycles. The quantitative estimate of drug-likeness (QED) is 0.426. The molecule has 0 N–H and O–H groups in total. The number of thioether (sulfide) groups is 1. The number of Topliss-reactive ketones (excluding diaryl/α,β-unsaturated/α-hetero) is 1. The molecule has 2 aromatic carbocycles. The third kappa shape index (κ3) is 3.86. The Hall–Kier alpha value is -2.44. The molecule has 0 aromatic heterocycles. The molecule has 132 valence electrons. The number of thiocarbonyl (C=S) groups is 1. The van der Waals surface area contributed by atoms with Gasteiger partial charge in [-0.15, -0.1) is 0 Å². The maximum atomic E-state index is 12.8. The van der Waals surface area contributed by atoms with E-state index >= 15 is 0 Å². The molecular weight excluding hydrogens is 366 g/mol. The van der Waals surface area contributed by atoms with Gasteiger partial charge in [-0.2, -0.15) is 0 Å². The molecule has 1 aliphatic heterocycles. The lowest BCUT2D eigenvalue weighted by atomic mass is 10.1. The van der Waals surface area contributed by atoms with E-state index in [-0.39, 0.29) is 11.7 Å². The van der Waals surface area contributed by atoms with Gasteiger partial charge in [0, 0.05) is 5.56 Å². The smallest absolute Gasteiger partial charge is 0.270 e. The summed E-state index contributed by atoms with van der Waals surface area (Å²) in [7, 11) is 0. The summed E-state index contributed by atoms with van der Waals surface area (Å²) in [5.74, 6) is 0.615. The second kappa shape index (κ2) is 7.85. The lowest BCUT2D eigenvalue weighted by Gasteiger charge is -2.14. The first-order valence-corrected chi connectivity index (χ1v) is 9.34. The van der Waals surface area contributed by atoms with Crippen LogP contribution in [0.15, 0.2) is 53.4 Å². The van der Waals surface area contributed by atoms with Crippen molar-refractivity contribution in [3.8, 4) is 5.75 Å². The Balaban J connectivity index is 1.82. The summed E-state index contributed by atoms with van der Waals surface area (Å²) in [5.41, 5.74) is 2.16. The average Bonchev–Trinajstić information content (AvgIpc) is 2.90. The fourth-order valence-corrected chi connectivity index (χ4v) is 3.81. The number of carbonyl (C=O) groups excluding carboxylic acids is 2. The van der Waals surface area contributed by atoms with Gasteiger partial charge in [0.25, 0.3) is 5.91 Å². The minimum atomic E-state index is -0.163. The van der Waals surface area contributed by atoms with Crippen molar-refractivity contribution in [3.63, 3.8) is 0 Å². The molecule has 4 nitrogen and oxygen atoms in total. The monoisotopic (exact) mass is 383 g/mol. The summed E-state index contributed by atoms with van der Waals surface area (Å²) in [6.07, 6.45) is 1.82. The summed E-state index contributed by atoms with van der Waals surface area (Å²) >= 11 is 6.64. The first-order chi connectivity index (χ1) is 12.5. The number of hydrogen-bond donors (Lipinski definition) is 0. The number of ketones is 1. The number of nitrogens with zero attached hydrogens (tertiary/aromatic N) is 1. The maximum Gasteiger partial charge on any atom is 0.270 e. The van der Waals surface area contributed by atoms with Gasteiger partial charge in [0.15, 0.2) is 10.1 Å². The number of benzene rings is 2. The zero-order valence-corrected chi connectivity index (χ0v) is 16.0. The molecule has 0 spiro atoms. The van der Waals surface area contributed by atoms with E-state index in [0.717, 1.165) is 11.3 Å². The fourth-order valence-electron chi connectivity index (χ4n) is 2.51. The van der Waals surface area contributed by atoms with Crippen LogP contribution in [-0.2, 0) is 4.79 Å². The Bertz CT molecular complexity index is 886. The molecule has 0 aliphatic carbocycles. The van der Waals surface area contributed by atoms with Crippen LogP contribution in [0.5, 0.6) is 5.75 Å². The molecule has 0 saturated carbocycles. The van der Waals surface area contributed by atoms with E-state index in [1.807, 2.05) is 37.3 Å². The lowest BCUT2D eigenvalue weighted by Crippen LogP contribution is -2.27. The predicted octanol–water partition coefficient (Wildman–Crippen LogP) is 4.69.